The molecule has 0 spiro atoms. The zero-order valence-corrected chi connectivity index (χ0v) is 16.8. The lowest BCUT2D eigenvalue weighted by atomic mass is 10.2. The van der Waals surface area contributed by atoms with E-state index >= 15 is 0 Å². The summed E-state index contributed by atoms with van der Waals surface area (Å²) in [5.41, 5.74) is 6.11. The summed E-state index contributed by atoms with van der Waals surface area (Å²) in [6, 6.07) is 4.91. The number of halogens is 3. The molecule has 0 aliphatic heterocycles. The van der Waals surface area contributed by atoms with Crippen LogP contribution in [-0.4, -0.2) is 58.5 Å². The second kappa shape index (κ2) is 9.60. The predicted molar refractivity (Wildman–Crippen MR) is 108 cm³/mol. The molecule has 0 saturated carbocycles. The Morgan fingerprint density at radius 2 is 2.03 bits per heavy atom. The van der Waals surface area contributed by atoms with E-state index in [4.69, 9.17) is 10.5 Å². The summed E-state index contributed by atoms with van der Waals surface area (Å²) in [5, 5.41) is 2.53. The van der Waals surface area contributed by atoms with Crippen molar-refractivity contribution in [3.05, 3.63) is 40.9 Å². The van der Waals surface area contributed by atoms with Gasteiger partial charge in [0.25, 0.3) is 5.56 Å². The summed E-state index contributed by atoms with van der Waals surface area (Å²) >= 11 is 0. The molecule has 3 N–H and O–H groups in total. The number of primary amides is 1. The van der Waals surface area contributed by atoms with Crippen molar-refractivity contribution in [2.75, 3.05) is 32.2 Å². The average Bonchev–Trinajstić information content (AvgIpc) is 2.75. The maximum Gasteiger partial charge on any atom is 0.411 e. The summed E-state index contributed by atoms with van der Waals surface area (Å²) in [5.74, 6) is -0.500. The number of nitrogens with zero attached hydrogens (tertiary/aromatic N) is 4. The smallest absolute Gasteiger partial charge is 0.411 e. The molecule has 0 fully saturated rings. The van der Waals surface area contributed by atoms with Crippen LogP contribution in [0.1, 0.15) is 0 Å². The fraction of sp³-hybridized carbons (Fsp3) is 0.316. The maximum atomic E-state index is 12.9. The van der Waals surface area contributed by atoms with Crippen LogP contribution in [-0.2, 0) is 16.1 Å². The molecule has 0 aliphatic carbocycles. The monoisotopic (exact) mass is 452 g/mol. The van der Waals surface area contributed by atoms with Gasteiger partial charge in [-0.3, -0.25) is 14.6 Å². The van der Waals surface area contributed by atoms with E-state index in [-0.39, 0.29) is 31.0 Å². The summed E-state index contributed by atoms with van der Waals surface area (Å²) in [6.07, 6.45) is -1.56. The summed E-state index contributed by atoms with van der Waals surface area (Å²) in [6.45, 7) is -2.36. The number of ether oxygens (including phenoxy) is 2. The second-order valence-electron chi connectivity index (χ2n) is 6.55. The van der Waals surface area contributed by atoms with Crippen molar-refractivity contribution in [3.63, 3.8) is 0 Å². The number of nitrogens with one attached hydrogen (secondary N) is 1. The van der Waals surface area contributed by atoms with Crippen molar-refractivity contribution < 1.29 is 27.4 Å². The molecule has 0 radical (unpaired) electrons. The van der Waals surface area contributed by atoms with E-state index < -0.39 is 24.2 Å². The number of rotatable bonds is 9. The topological polar surface area (TPSA) is 134 Å². The Morgan fingerprint density at radius 1 is 1.25 bits per heavy atom. The van der Waals surface area contributed by atoms with Gasteiger partial charge in [-0.1, -0.05) is 0 Å². The fourth-order valence-corrected chi connectivity index (χ4v) is 2.81. The van der Waals surface area contributed by atoms with Gasteiger partial charge < -0.3 is 25.1 Å². The molecule has 0 aromatic carbocycles. The molecule has 1 amide bonds. The van der Waals surface area contributed by atoms with E-state index in [0.717, 1.165) is 0 Å². The molecule has 10 nitrogen and oxygen atoms in total. The molecular weight excluding hydrogens is 433 g/mol. The van der Waals surface area contributed by atoms with Crippen molar-refractivity contribution in [3.8, 4) is 17.1 Å². The van der Waals surface area contributed by atoms with Crippen molar-refractivity contribution in [2.24, 2.45) is 5.73 Å². The van der Waals surface area contributed by atoms with Crippen LogP contribution in [0.15, 0.2) is 35.4 Å². The van der Waals surface area contributed by atoms with Gasteiger partial charge in [0.05, 0.1) is 37.7 Å². The van der Waals surface area contributed by atoms with Gasteiger partial charge in [-0.2, -0.15) is 13.2 Å². The van der Waals surface area contributed by atoms with Gasteiger partial charge in [-0.05, 0) is 12.1 Å². The number of hydrogen-bond donors (Lipinski definition) is 2. The van der Waals surface area contributed by atoms with Gasteiger partial charge in [-0.25, -0.2) is 9.97 Å². The number of fused-ring (bicyclic) bond motifs is 1. The Labute approximate surface area is 179 Å². The first-order valence-corrected chi connectivity index (χ1v) is 9.25. The van der Waals surface area contributed by atoms with Crippen molar-refractivity contribution in [2.45, 2.75) is 12.7 Å². The molecular formula is C19H19F3N6O4. The van der Waals surface area contributed by atoms with Gasteiger partial charge in [0.2, 0.25) is 11.8 Å². The Balaban J connectivity index is 2.00. The lowest BCUT2D eigenvalue weighted by Crippen LogP contribution is -2.31. The zero-order valence-electron chi connectivity index (χ0n) is 16.8. The molecule has 3 rings (SSSR count). The van der Waals surface area contributed by atoms with Crippen LogP contribution in [0.25, 0.3) is 22.3 Å². The first-order chi connectivity index (χ1) is 15.2. The number of aromatic nitrogens is 4. The average molecular weight is 452 g/mol. The van der Waals surface area contributed by atoms with Gasteiger partial charge >= 0.3 is 6.18 Å². The minimum absolute atomic E-state index is 0.187. The lowest BCUT2D eigenvalue weighted by molar-refractivity contribution is -0.174. The fourth-order valence-electron chi connectivity index (χ4n) is 2.81. The molecule has 3 aromatic heterocycles. The Morgan fingerprint density at radius 3 is 2.66 bits per heavy atom. The van der Waals surface area contributed by atoms with Crippen molar-refractivity contribution in [1.82, 2.24) is 19.5 Å². The first kappa shape index (κ1) is 22.9. The largest absolute Gasteiger partial charge is 0.481 e. The molecule has 0 aliphatic rings. The molecule has 0 bridgehead atoms. The number of nitrogens with two attached hydrogens (primary N) is 1. The number of carbonyl (C=O) groups is 1. The Kier molecular flexibility index (Phi) is 6.88. The van der Waals surface area contributed by atoms with Crippen molar-refractivity contribution >= 4 is 22.8 Å². The third-order valence-corrected chi connectivity index (χ3v) is 4.23. The highest BCUT2D eigenvalue weighted by Gasteiger charge is 2.27. The molecule has 3 heterocycles. The van der Waals surface area contributed by atoms with E-state index in [1.54, 1.807) is 18.2 Å². The number of hydrogen-bond acceptors (Lipinski definition) is 8. The van der Waals surface area contributed by atoms with E-state index in [2.05, 4.69) is 25.0 Å². The SMILES string of the molecule is COc1ccc(-c2cc3c(cn2)nc(NCC(N)=O)c(=O)n3CCOCC(F)(F)F)cn1. The lowest BCUT2D eigenvalue weighted by Gasteiger charge is -2.14. The summed E-state index contributed by atoms with van der Waals surface area (Å²) < 4.78 is 48.0. The number of alkyl halides is 3. The molecule has 170 valence electrons. The Hall–Kier alpha value is -3.74. The third kappa shape index (κ3) is 5.69. The van der Waals surface area contributed by atoms with Gasteiger partial charge in [0, 0.05) is 24.4 Å². The quantitative estimate of drug-likeness (QED) is 0.465. The van der Waals surface area contributed by atoms with Crippen LogP contribution >= 0.6 is 0 Å². The molecule has 32 heavy (non-hydrogen) atoms. The standard InChI is InChI=1S/C19H19F3N6O4/c1-31-16-3-2-11(7-25-16)12-6-14-13(8-24-12)27-17(26-9-15(23)29)18(30)28(14)4-5-32-10-19(20,21)22/h2-3,6-8H,4-5,9-10H2,1H3,(H2,23,29)(H,26,27). The molecule has 0 atom stereocenters. The van der Waals surface area contributed by atoms with E-state index in [1.807, 2.05) is 0 Å². The van der Waals surface area contributed by atoms with Crippen molar-refractivity contribution in [1.29, 1.82) is 0 Å². The van der Waals surface area contributed by atoms with Crippen LogP contribution in [0.5, 0.6) is 5.88 Å². The van der Waals surface area contributed by atoms with Gasteiger partial charge in [-0.15, -0.1) is 0 Å². The predicted octanol–water partition coefficient (Wildman–Crippen LogP) is 1.34. The van der Waals surface area contributed by atoms with Crippen LogP contribution in [0.4, 0.5) is 19.0 Å². The molecule has 0 unspecified atom stereocenters. The second-order valence-corrected chi connectivity index (χ2v) is 6.55. The Bertz CT molecular complexity index is 1160. The van der Waals surface area contributed by atoms with Gasteiger partial charge in [0.15, 0.2) is 5.82 Å². The minimum atomic E-state index is -4.49. The highest BCUT2D eigenvalue weighted by molar-refractivity contribution is 5.81. The number of amides is 1. The molecule has 0 saturated heterocycles. The van der Waals surface area contributed by atoms with Crippen LogP contribution in [0, 0.1) is 0 Å². The third-order valence-electron chi connectivity index (χ3n) is 4.23. The normalized spacial score (nSPS) is 11.5. The minimum Gasteiger partial charge on any atom is -0.481 e. The maximum absolute atomic E-state index is 12.9. The van der Waals surface area contributed by atoms with E-state index in [1.165, 1.54) is 24.1 Å². The van der Waals surface area contributed by atoms with E-state index in [0.29, 0.717) is 22.7 Å². The number of carbonyl (C=O) groups excluding carboxylic acids is 1. The molecule has 3 aromatic rings. The zero-order chi connectivity index (χ0) is 23.3. The van der Waals surface area contributed by atoms with Crippen LogP contribution < -0.4 is 21.3 Å². The number of methoxy groups -OCH3 is 1. The van der Waals surface area contributed by atoms with Crippen LogP contribution in [0.3, 0.4) is 0 Å². The molecule has 13 heteroatoms. The van der Waals surface area contributed by atoms with E-state index in [9.17, 15) is 22.8 Å². The number of pyridine rings is 2. The highest BCUT2D eigenvalue weighted by atomic mass is 19.4. The van der Waals surface area contributed by atoms with Gasteiger partial charge in [0.1, 0.15) is 12.1 Å². The first-order valence-electron chi connectivity index (χ1n) is 9.25. The summed E-state index contributed by atoms with van der Waals surface area (Å²) in [7, 11) is 1.48. The highest BCUT2D eigenvalue weighted by Crippen LogP contribution is 2.22. The number of anilines is 1. The van der Waals surface area contributed by atoms with Crippen LogP contribution in [0.2, 0.25) is 0 Å². The summed E-state index contributed by atoms with van der Waals surface area (Å²) in [4.78, 5) is 36.5.